The van der Waals surface area contributed by atoms with Crippen molar-refractivity contribution in [1.82, 2.24) is 20.6 Å². The van der Waals surface area contributed by atoms with Crippen LogP contribution in [0.15, 0.2) is 54.7 Å². The third-order valence-electron chi connectivity index (χ3n) is 7.74. The molecule has 3 aromatic rings. The molecule has 234 valence electrons. The van der Waals surface area contributed by atoms with E-state index in [1.807, 2.05) is 6.92 Å². The number of carbonyl (C=O) groups is 2. The summed E-state index contributed by atoms with van der Waals surface area (Å²) in [5, 5.41) is 5.56. The maximum Gasteiger partial charge on any atom is 0.416 e. The Morgan fingerprint density at radius 3 is 2.43 bits per heavy atom. The molecule has 2 fully saturated rings. The highest BCUT2D eigenvalue weighted by Gasteiger charge is 2.45. The molecule has 2 aromatic carbocycles. The minimum atomic E-state index is -4.53. The summed E-state index contributed by atoms with van der Waals surface area (Å²) in [6, 6.07) is 11.5. The molecule has 0 saturated carbocycles. The van der Waals surface area contributed by atoms with Gasteiger partial charge in [0.2, 0.25) is 5.95 Å². The predicted molar refractivity (Wildman–Crippen MR) is 158 cm³/mol. The standard InChI is InChI=1S/C32H36F3N5O4/c1-20(38-27(41)26-11-13-36-28(39-26)40-14-12-31(17-40)18-43-19-31)21-5-7-22(8-6-21)25-15-24(32(33,34)35)10-9-23(25)16-37-29(42)44-30(2,3)4/h5-11,13,15,20H,12,14,16-19H2,1-4H3,(H,37,42)(H,38,41)/t20-/m1/s1. The maximum atomic E-state index is 13.6. The van der Waals surface area contributed by atoms with Gasteiger partial charge in [0.1, 0.15) is 11.3 Å². The van der Waals surface area contributed by atoms with E-state index in [-0.39, 0.29) is 23.6 Å². The van der Waals surface area contributed by atoms with Crippen molar-refractivity contribution >= 4 is 17.9 Å². The van der Waals surface area contributed by atoms with Crippen LogP contribution in [0, 0.1) is 5.41 Å². The van der Waals surface area contributed by atoms with E-state index in [1.165, 1.54) is 6.07 Å². The van der Waals surface area contributed by atoms with E-state index < -0.39 is 29.5 Å². The molecule has 0 aliphatic carbocycles. The second kappa shape index (κ2) is 12.1. The highest BCUT2D eigenvalue weighted by Crippen LogP contribution is 2.38. The number of nitrogens with zero attached hydrogens (tertiary/aromatic N) is 3. The van der Waals surface area contributed by atoms with Gasteiger partial charge in [0.25, 0.3) is 5.91 Å². The number of nitrogens with one attached hydrogen (secondary N) is 2. The van der Waals surface area contributed by atoms with Crippen molar-refractivity contribution in [1.29, 1.82) is 0 Å². The van der Waals surface area contributed by atoms with E-state index in [2.05, 4.69) is 25.5 Å². The SMILES string of the molecule is C[C@@H](NC(=O)c1ccnc(N2CCC3(COC3)C2)n1)c1ccc(-c2cc(C(F)(F)F)ccc2CNC(=O)OC(C)(C)C)cc1. The Balaban J connectivity index is 1.28. The number of ether oxygens (including phenoxy) is 2. The van der Waals surface area contributed by atoms with Crippen molar-refractivity contribution < 1.29 is 32.2 Å². The fourth-order valence-corrected chi connectivity index (χ4v) is 5.32. The average Bonchev–Trinajstić information content (AvgIpc) is 3.42. The number of alkyl halides is 3. The third kappa shape index (κ3) is 7.29. The first-order valence-electron chi connectivity index (χ1n) is 14.5. The van der Waals surface area contributed by atoms with Crippen LogP contribution in [0.3, 0.4) is 0 Å². The molecule has 1 atom stereocenters. The van der Waals surface area contributed by atoms with Crippen LogP contribution < -0.4 is 15.5 Å². The molecular weight excluding hydrogens is 575 g/mol. The lowest BCUT2D eigenvalue weighted by Gasteiger charge is -2.37. The molecule has 2 aliphatic heterocycles. The largest absolute Gasteiger partial charge is 0.444 e. The first-order valence-corrected chi connectivity index (χ1v) is 14.5. The topological polar surface area (TPSA) is 106 Å². The number of carbonyl (C=O) groups excluding carboxylic acids is 2. The monoisotopic (exact) mass is 611 g/mol. The summed E-state index contributed by atoms with van der Waals surface area (Å²) in [5.41, 5.74) is 0.987. The van der Waals surface area contributed by atoms with Gasteiger partial charge in [-0.05, 0) is 74.6 Å². The summed E-state index contributed by atoms with van der Waals surface area (Å²) < 4.78 is 51.3. The molecule has 2 N–H and O–H groups in total. The van der Waals surface area contributed by atoms with Gasteiger partial charge in [-0.1, -0.05) is 30.3 Å². The average molecular weight is 612 g/mol. The fourth-order valence-electron chi connectivity index (χ4n) is 5.32. The molecule has 44 heavy (non-hydrogen) atoms. The van der Waals surface area contributed by atoms with Gasteiger partial charge in [0.15, 0.2) is 0 Å². The lowest BCUT2D eigenvalue weighted by molar-refractivity contribution is -0.137. The van der Waals surface area contributed by atoms with Crippen LogP contribution in [-0.2, 0) is 22.2 Å². The van der Waals surface area contributed by atoms with Gasteiger partial charge in [-0.25, -0.2) is 14.8 Å². The van der Waals surface area contributed by atoms with Gasteiger partial charge in [-0.2, -0.15) is 13.2 Å². The van der Waals surface area contributed by atoms with Crippen molar-refractivity contribution in [2.24, 2.45) is 5.41 Å². The molecule has 0 radical (unpaired) electrons. The van der Waals surface area contributed by atoms with Crippen LogP contribution in [0.25, 0.3) is 11.1 Å². The van der Waals surface area contributed by atoms with Crippen molar-refractivity contribution in [3.63, 3.8) is 0 Å². The number of aromatic nitrogens is 2. The number of hydrogen-bond donors (Lipinski definition) is 2. The van der Waals surface area contributed by atoms with Crippen LogP contribution in [0.5, 0.6) is 0 Å². The fraction of sp³-hybridized carbons (Fsp3) is 0.438. The molecule has 0 unspecified atom stereocenters. The van der Waals surface area contributed by atoms with Crippen molar-refractivity contribution in [3.05, 3.63) is 77.1 Å². The zero-order valence-corrected chi connectivity index (χ0v) is 25.1. The lowest BCUT2D eigenvalue weighted by atomic mass is 9.85. The van der Waals surface area contributed by atoms with E-state index in [0.29, 0.717) is 22.6 Å². The molecule has 12 heteroatoms. The number of alkyl carbamates (subject to hydrolysis) is 1. The molecule has 2 aliphatic rings. The first-order chi connectivity index (χ1) is 20.7. The normalized spacial score (nSPS) is 16.8. The Hall–Kier alpha value is -4.19. The van der Waals surface area contributed by atoms with Gasteiger partial charge < -0.3 is 25.0 Å². The summed E-state index contributed by atoms with van der Waals surface area (Å²) >= 11 is 0. The summed E-state index contributed by atoms with van der Waals surface area (Å²) in [4.78, 5) is 36.2. The Kier molecular flexibility index (Phi) is 8.57. The third-order valence-corrected chi connectivity index (χ3v) is 7.74. The zero-order chi connectivity index (χ0) is 31.7. The van der Waals surface area contributed by atoms with Gasteiger partial charge in [0, 0.05) is 31.2 Å². The van der Waals surface area contributed by atoms with E-state index in [9.17, 15) is 22.8 Å². The molecule has 1 aromatic heterocycles. The highest BCUT2D eigenvalue weighted by atomic mass is 19.4. The Bertz CT molecular complexity index is 1520. The molecule has 2 amide bonds. The van der Waals surface area contributed by atoms with E-state index in [4.69, 9.17) is 9.47 Å². The van der Waals surface area contributed by atoms with Gasteiger partial charge in [-0.3, -0.25) is 4.79 Å². The number of amides is 2. The van der Waals surface area contributed by atoms with Crippen LogP contribution in [-0.4, -0.2) is 53.9 Å². The molecule has 5 rings (SSSR count). The molecule has 9 nitrogen and oxygen atoms in total. The number of hydrogen-bond acceptors (Lipinski definition) is 7. The van der Waals surface area contributed by atoms with E-state index in [0.717, 1.165) is 50.4 Å². The van der Waals surface area contributed by atoms with Gasteiger partial charge in [0.05, 0.1) is 24.8 Å². The number of halogens is 3. The number of benzene rings is 2. The smallest absolute Gasteiger partial charge is 0.416 e. The minimum Gasteiger partial charge on any atom is -0.444 e. The van der Waals surface area contributed by atoms with Gasteiger partial charge >= 0.3 is 12.3 Å². The first kappa shape index (κ1) is 31.2. The molecule has 1 spiro atoms. The summed E-state index contributed by atoms with van der Waals surface area (Å²) in [6.07, 6.45) is -2.63. The summed E-state index contributed by atoms with van der Waals surface area (Å²) in [7, 11) is 0. The molecular formula is C32H36F3N5O4. The molecule has 2 saturated heterocycles. The lowest BCUT2D eigenvalue weighted by Crippen LogP contribution is -2.44. The van der Waals surface area contributed by atoms with Crippen molar-refractivity contribution in [3.8, 4) is 11.1 Å². The van der Waals surface area contributed by atoms with E-state index in [1.54, 1.807) is 57.3 Å². The van der Waals surface area contributed by atoms with Crippen molar-refractivity contribution in [2.45, 2.75) is 58.5 Å². The summed E-state index contributed by atoms with van der Waals surface area (Å²) in [5.74, 6) is 0.149. The van der Waals surface area contributed by atoms with E-state index >= 15 is 0 Å². The van der Waals surface area contributed by atoms with Crippen LogP contribution in [0.1, 0.15) is 67.3 Å². The quantitative estimate of drug-likeness (QED) is 0.343. The molecule has 0 bridgehead atoms. The van der Waals surface area contributed by atoms with Crippen LogP contribution in [0.4, 0.5) is 23.9 Å². The van der Waals surface area contributed by atoms with Crippen LogP contribution >= 0.6 is 0 Å². The van der Waals surface area contributed by atoms with Crippen LogP contribution in [0.2, 0.25) is 0 Å². The highest BCUT2D eigenvalue weighted by molar-refractivity contribution is 5.92. The van der Waals surface area contributed by atoms with Gasteiger partial charge in [-0.15, -0.1) is 0 Å². The second-order valence-electron chi connectivity index (χ2n) is 12.4. The summed E-state index contributed by atoms with van der Waals surface area (Å²) in [6.45, 7) is 10.0. The second-order valence-corrected chi connectivity index (χ2v) is 12.4. The predicted octanol–water partition coefficient (Wildman–Crippen LogP) is 5.90. The number of anilines is 1. The minimum absolute atomic E-state index is 0.0241. The zero-order valence-electron chi connectivity index (χ0n) is 25.1. The Labute approximate surface area is 254 Å². The maximum absolute atomic E-state index is 13.6. The van der Waals surface area contributed by atoms with Crippen molar-refractivity contribution in [2.75, 3.05) is 31.2 Å². The number of rotatable bonds is 7. The molecule has 3 heterocycles. The Morgan fingerprint density at radius 1 is 1.09 bits per heavy atom. The Morgan fingerprint density at radius 2 is 1.82 bits per heavy atom.